The largest absolute Gasteiger partial charge is 0.344 e. The Balaban J connectivity index is 0.000000227. The van der Waals surface area contributed by atoms with Crippen LogP contribution < -0.4 is 6.15 Å². The van der Waals surface area contributed by atoms with Crippen LogP contribution in [0, 0.1) is 6.92 Å². The van der Waals surface area contributed by atoms with Gasteiger partial charge in [0.15, 0.2) is 0 Å². The highest BCUT2D eigenvalue weighted by atomic mass is 14.0. The maximum absolute atomic E-state index is 2.08. The third kappa shape index (κ3) is 5.98. The standard InChI is InChI=1S/C7H8.C6H6.H3N/c1-7-5-3-2-4-6-7;1-2-4-6-5-3-1;/h2-6H,1H3;1-6H;1H3. The number of rotatable bonds is 0. The van der Waals surface area contributed by atoms with E-state index in [9.17, 15) is 0 Å². The van der Waals surface area contributed by atoms with E-state index in [0.717, 1.165) is 0 Å². The molecule has 2 aromatic rings. The van der Waals surface area contributed by atoms with Crippen molar-refractivity contribution < 1.29 is 0 Å². The third-order valence-electron chi connectivity index (χ3n) is 1.61. The molecule has 2 aromatic carbocycles. The first-order valence-electron chi connectivity index (χ1n) is 4.41. The molecular formula is C13H17N. The van der Waals surface area contributed by atoms with Gasteiger partial charge >= 0.3 is 0 Å². The summed E-state index contributed by atoms with van der Waals surface area (Å²) in [5.74, 6) is 0. The molecule has 0 unspecified atom stereocenters. The highest BCUT2D eigenvalue weighted by molar-refractivity contribution is 5.11. The molecule has 0 atom stereocenters. The van der Waals surface area contributed by atoms with Gasteiger partial charge in [0.2, 0.25) is 0 Å². The first-order valence-corrected chi connectivity index (χ1v) is 4.41. The second-order valence-corrected chi connectivity index (χ2v) is 2.81. The molecule has 0 saturated carbocycles. The average molecular weight is 187 g/mol. The van der Waals surface area contributed by atoms with E-state index in [2.05, 4.69) is 19.1 Å². The van der Waals surface area contributed by atoms with Crippen LogP contribution in [0.4, 0.5) is 0 Å². The molecule has 2 rings (SSSR count). The maximum Gasteiger partial charge on any atom is -0.0398 e. The second kappa shape index (κ2) is 8.02. The second-order valence-electron chi connectivity index (χ2n) is 2.81. The molecule has 0 aromatic heterocycles. The lowest BCUT2D eigenvalue weighted by atomic mass is 10.2. The Morgan fingerprint density at radius 1 is 0.571 bits per heavy atom. The summed E-state index contributed by atoms with van der Waals surface area (Å²) in [4.78, 5) is 0. The highest BCUT2D eigenvalue weighted by Crippen LogP contribution is 1.92. The zero-order valence-electron chi connectivity index (χ0n) is 8.56. The van der Waals surface area contributed by atoms with E-state index < -0.39 is 0 Å². The van der Waals surface area contributed by atoms with Gasteiger partial charge in [-0.3, -0.25) is 0 Å². The molecule has 0 spiro atoms. The fraction of sp³-hybridized carbons (Fsp3) is 0.0769. The molecule has 0 aliphatic rings. The Labute approximate surface area is 86.0 Å². The molecular weight excluding hydrogens is 170 g/mol. The number of aryl methyl sites for hydroxylation is 1. The molecule has 0 heterocycles. The normalized spacial score (nSPS) is 7.79. The Morgan fingerprint density at radius 3 is 1.07 bits per heavy atom. The van der Waals surface area contributed by atoms with Crippen molar-refractivity contribution in [3.8, 4) is 0 Å². The molecule has 0 aliphatic heterocycles. The maximum atomic E-state index is 2.08. The van der Waals surface area contributed by atoms with E-state index in [0.29, 0.717) is 0 Å². The summed E-state index contributed by atoms with van der Waals surface area (Å²) in [5.41, 5.74) is 1.32. The molecule has 1 heteroatoms. The van der Waals surface area contributed by atoms with E-state index in [1.807, 2.05) is 54.6 Å². The van der Waals surface area contributed by atoms with Gasteiger partial charge in [-0.2, -0.15) is 0 Å². The summed E-state index contributed by atoms with van der Waals surface area (Å²) in [6, 6.07) is 22.3. The first-order chi connectivity index (χ1) is 6.39. The van der Waals surface area contributed by atoms with Gasteiger partial charge in [-0.25, -0.2) is 0 Å². The lowest BCUT2D eigenvalue weighted by molar-refractivity contribution is 1.48. The monoisotopic (exact) mass is 187 g/mol. The lowest BCUT2D eigenvalue weighted by Gasteiger charge is -1.82. The molecule has 0 amide bonds. The quantitative estimate of drug-likeness (QED) is 0.668. The van der Waals surface area contributed by atoms with E-state index >= 15 is 0 Å². The van der Waals surface area contributed by atoms with Crippen LogP contribution in [0.3, 0.4) is 0 Å². The van der Waals surface area contributed by atoms with Gasteiger partial charge in [-0.15, -0.1) is 0 Å². The van der Waals surface area contributed by atoms with Crippen molar-refractivity contribution in [2.45, 2.75) is 6.92 Å². The van der Waals surface area contributed by atoms with Gasteiger partial charge in [0.1, 0.15) is 0 Å². The van der Waals surface area contributed by atoms with Crippen LogP contribution in [0.25, 0.3) is 0 Å². The summed E-state index contributed by atoms with van der Waals surface area (Å²) in [6.45, 7) is 2.08. The van der Waals surface area contributed by atoms with Gasteiger partial charge in [0.25, 0.3) is 0 Å². The fourth-order valence-electron chi connectivity index (χ4n) is 0.919. The topological polar surface area (TPSA) is 35.0 Å². The molecule has 0 aliphatic carbocycles. The molecule has 3 N–H and O–H groups in total. The first kappa shape index (κ1) is 12.4. The van der Waals surface area contributed by atoms with Crippen molar-refractivity contribution in [2.75, 3.05) is 0 Å². The van der Waals surface area contributed by atoms with E-state index in [-0.39, 0.29) is 6.15 Å². The Bertz CT molecular complexity index is 276. The molecule has 0 saturated heterocycles. The summed E-state index contributed by atoms with van der Waals surface area (Å²) in [5, 5.41) is 0. The van der Waals surface area contributed by atoms with E-state index in [4.69, 9.17) is 0 Å². The zero-order valence-corrected chi connectivity index (χ0v) is 8.56. The molecule has 0 bridgehead atoms. The van der Waals surface area contributed by atoms with Crippen LogP contribution in [-0.4, -0.2) is 0 Å². The van der Waals surface area contributed by atoms with Crippen LogP contribution in [-0.2, 0) is 0 Å². The number of hydrogen-bond acceptors (Lipinski definition) is 1. The number of hydrogen-bond donors (Lipinski definition) is 1. The predicted molar refractivity (Wildman–Crippen MR) is 62.6 cm³/mol. The molecule has 14 heavy (non-hydrogen) atoms. The minimum Gasteiger partial charge on any atom is -0.344 e. The Morgan fingerprint density at radius 2 is 0.857 bits per heavy atom. The van der Waals surface area contributed by atoms with E-state index in [1.54, 1.807) is 0 Å². The van der Waals surface area contributed by atoms with Crippen molar-refractivity contribution in [1.29, 1.82) is 0 Å². The third-order valence-corrected chi connectivity index (χ3v) is 1.61. The Kier molecular flexibility index (Phi) is 7.10. The van der Waals surface area contributed by atoms with Crippen molar-refractivity contribution in [3.05, 3.63) is 72.3 Å². The summed E-state index contributed by atoms with van der Waals surface area (Å²) >= 11 is 0. The van der Waals surface area contributed by atoms with Gasteiger partial charge in [0, 0.05) is 0 Å². The molecule has 74 valence electrons. The van der Waals surface area contributed by atoms with Crippen LogP contribution in [0.15, 0.2) is 66.7 Å². The molecule has 0 radical (unpaired) electrons. The van der Waals surface area contributed by atoms with Crippen molar-refractivity contribution in [3.63, 3.8) is 0 Å². The van der Waals surface area contributed by atoms with Gasteiger partial charge in [-0.05, 0) is 6.92 Å². The predicted octanol–water partition coefficient (Wildman–Crippen LogP) is 3.84. The fourth-order valence-corrected chi connectivity index (χ4v) is 0.919. The Hall–Kier alpha value is -1.60. The SMILES string of the molecule is Cc1ccccc1.N.c1ccccc1. The molecule has 0 fully saturated rings. The summed E-state index contributed by atoms with van der Waals surface area (Å²) < 4.78 is 0. The minimum absolute atomic E-state index is 0. The lowest BCUT2D eigenvalue weighted by Crippen LogP contribution is -1.62. The van der Waals surface area contributed by atoms with Crippen LogP contribution >= 0.6 is 0 Å². The highest BCUT2D eigenvalue weighted by Gasteiger charge is 1.72. The summed E-state index contributed by atoms with van der Waals surface area (Å²) in [6.07, 6.45) is 0. The zero-order chi connectivity index (χ0) is 9.36. The van der Waals surface area contributed by atoms with Crippen molar-refractivity contribution >= 4 is 0 Å². The molecule has 1 nitrogen and oxygen atoms in total. The van der Waals surface area contributed by atoms with Crippen molar-refractivity contribution in [1.82, 2.24) is 6.15 Å². The van der Waals surface area contributed by atoms with Gasteiger partial charge < -0.3 is 6.15 Å². The van der Waals surface area contributed by atoms with Crippen LogP contribution in [0.2, 0.25) is 0 Å². The number of benzene rings is 2. The average Bonchev–Trinajstić information content (AvgIpc) is 2.22. The van der Waals surface area contributed by atoms with Gasteiger partial charge in [0.05, 0.1) is 0 Å². The van der Waals surface area contributed by atoms with Crippen molar-refractivity contribution in [2.24, 2.45) is 0 Å². The summed E-state index contributed by atoms with van der Waals surface area (Å²) in [7, 11) is 0. The minimum atomic E-state index is 0. The smallest absolute Gasteiger partial charge is 0.0398 e. The van der Waals surface area contributed by atoms with Crippen LogP contribution in [0.1, 0.15) is 5.56 Å². The van der Waals surface area contributed by atoms with Gasteiger partial charge in [-0.1, -0.05) is 72.3 Å². The van der Waals surface area contributed by atoms with E-state index in [1.165, 1.54) is 5.56 Å². The van der Waals surface area contributed by atoms with Crippen LogP contribution in [0.5, 0.6) is 0 Å².